The number of hydrogen-bond acceptors (Lipinski definition) is 1. The molecule has 1 rings (SSSR count). The van der Waals surface area contributed by atoms with Crippen LogP contribution in [-0.4, -0.2) is 13.3 Å². The third-order valence-electron chi connectivity index (χ3n) is 1.51. The van der Waals surface area contributed by atoms with E-state index in [0.29, 0.717) is 5.02 Å². The summed E-state index contributed by atoms with van der Waals surface area (Å²) in [6.07, 6.45) is 0. The van der Waals surface area contributed by atoms with Crippen LogP contribution in [-0.2, 0) is 4.57 Å². The summed E-state index contributed by atoms with van der Waals surface area (Å²) in [4.78, 5) is 0. The molecule has 0 aliphatic heterocycles. The van der Waals surface area contributed by atoms with Crippen LogP contribution in [0.5, 0.6) is 0 Å². The van der Waals surface area contributed by atoms with Crippen molar-refractivity contribution in [1.29, 1.82) is 0 Å². The van der Waals surface area contributed by atoms with Crippen molar-refractivity contribution >= 4 is 40.0 Å². The van der Waals surface area contributed by atoms with Gasteiger partial charge in [-0.05, 0) is 41.4 Å². The molecule has 0 atom stereocenters. The summed E-state index contributed by atoms with van der Waals surface area (Å²) in [5.74, 6) is 0. The van der Waals surface area contributed by atoms with E-state index in [2.05, 4.69) is 15.9 Å². The van der Waals surface area contributed by atoms with Crippen molar-refractivity contribution in [2.24, 2.45) is 0 Å². The zero-order chi connectivity index (χ0) is 9.35. The van der Waals surface area contributed by atoms with Crippen LogP contribution in [0.1, 0.15) is 0 Å². The van der Waals surface area contributed by atoms with Gasteiger partial charge in [-0.25, -0.2) is 0 Å². The molecular formula is C8H9BrClOP. The van der Waals surface area contributed by atoms with Gasteiger partial charge in [0.15, 0.2) is 0 Å². The van der Waals surface area contributed by atoms with Crippen molar-refractivity contribution in [1.82, 2.24) is 0 Å². The van der Waals surface area contributed by atoms with E-state index in [1.54, 1.807) is 19.4 Å². The van der Waals surface area contributed by atoms with Crippen molar-refractivity contribution in [2.75, 3.05) is 13.3 Å². The van der Waals surface area contributed by atoms with Gasteiger partial charge in [0.1, 0.15) is 7.14 Å². The number of halogens is 2. The summed E-state index contributed by atoms with van der Waals surface area (Å²) in [6, 6.07) is 5.47. The van der Waals surface area contributed by atoms with Crippen LogP contribution in [0.15, 0.2) is 22.7 Å². The van der Waals surface area contributed by atoms with Gasteiger partial charge in [0.2, 0.25) is 0 Å². The second-order valence-electron chi connectivity index (χ2n) is 2.92. The minimum Gasteiger partial charge on any atom is -0.319 e. The maximum Gasteiger partial charge on any atom is 0.111 e. The van der Waals surface area contributed by atoms with E-state index in [1.807, 2.05) is 12.1 Å². The molecule has 0 saturated heterocycles. The molecule has 0 unspecified atom stereocenters. The van der Waals surface area contributed by atoms with Gasteiger partial charge >= 0.3 is 0 Å². The van der Waals surface area contributed by atoms with Crippen LogP contribution in [0.4, 0.5) is 0 Å². The highest BCUT2D eigenvalue weighted by Crippen LogP contribution is 2.39. The van der Waals surface area contributed by atoms with E-state index in [-0.39, 0.29) is 0 Å². The molecule has 0 saturated carbocycles. The first-order valence-electron chi connectivity index (χ1n) is 3.42. The minimum absolute atomic E-state index is 0.561. The Morgan fingerprint density at radius 1 is 1.42 bits per heavy atom. The van der Waals surface area contributed by atoms with E-state index in [1.165, 1.54) is 0 Å². The van der Waals surface area contributed by atoms with E-state index in [4.69, 9.17) is 11.6 Å². The molecule has 0 fully saturated rings. The normalized spacial score (nSPS) is 11.7. The van der Waals surface area contributed by atoms with Gasteiger partial charge in [-0.2, -0.15) is 0 Å². The van der Waals surface area contributed by atoms with E-state index >= 15 is 0 Å². The predicted octanol–water partition coefficient (Wildman–Crippen LogP) is 3.35. The zero-order valence-corrected chi connectivity index (χ0v) is 10.1. The molecule has 1 nitrogen and oxygen atoms in total. The Balaban J connectivity index is 3.36. The monoisotopic (exact) mass is 266 g/mol. The molecule has 0 heterocycles. The fourth-order valence-electron chi connectivity index (χ4n) is 0.908. The third kappa shape index (κ3) is 2.12. The van der Waals surface area contributed by atoms with Gasteiger partial charge in [-0.3, -0.25) is 0 Å². The van der Waals surface area contributed by atoms with Gasteiger partial charge in [-0.15, -0.1) is 0 Å². The Morgan fingerprint density at radius 3 is 2.42 bits per heavy atom. The van der Waals surface area contributed by atoms with Crippen molar-refractivity contribution in [2.45, 2.75) is 0 Å². The van der Waals surface area contributed by atoms with Gasteiger partial charge in [-0.1, -0.05) is 17.7 Å². The molecule has 66 valence electrons. The van der Waals surface area contributed by atoms with E-state index < -0.39 is 7.14 Å². The second-order valence-corrected chi connectivity index (χ2v) is 7.34. The summed E-state index contributed by atoms with van der Waals surface area (Å²) >= 11 is 9.24. The first-order chi connectivity index (χ1) is 5.43. The quantitative estimate of drug-likeness (QED) is 0.713. The number of hydrogen-bond donors (Lipinski definition) is 0. The highest BCUT2D eigenvalue weighted by Gasteiger charge is 2.15. The molecular weight excluding hydrogens is 258 g/mol. The Bertz CT molecular complexity index is 345. The summed E-state index contributed by atoms with van der Waals surface area (Å²) in [5, 5.41) is 1.30. The lowest BCUT2D eigenvalue weighted by molar-refractivity contribution is 0.588. The van der Waals surface area contributed by atoms with Crippen LogP contribution in [0.2, 0.25) is 5.02 Å². The van der Waals surface area contributed by atoms with Crippen molar-refractivity contribution in [3.63, 3.8) is 0 Å². The standard InChI is InChI=1S/C8H9BrClOP/c1-12(2,11)7-5-3-4-6(9)8(7)10/h3-5H,1-2H3. The number of rotatable bonds is 1. The van der Waals surface area contributed by atoms with Gasteiger partial charge in [0.05, 0.1) is 5.02 Å². The molecule has 0 amide bonds. The molecule has 0 radical (unpaired) electrons. The third-order valence-corrected chi connectivity index (χ3v) is 4.47. The smallest absolute Gasteiger partial charge is 0.111 e. The Hall–Kier alpha value is 0.220. The minimum atomic E-state index is -2.24. The van der Waals surface area contributed by atoms with Crippen LogP contribution >= 0.6 is 34.7 Å². The zero-order valence-electron chi connectivity index (χ0n) is 6.84. The summed E-state index contributed by atoms with van der Waals surface area (Å²) in [5.41, 5.74) is 0. The highest BCUT2D eigenvalue weighted by molar-refractivity contribution is 9.10. The molecule has 0 aromatic heterocycles. The van der Waals surface area contributed by atoms with Gasteiger partial charge in [0.25, 0.3) is 0 Å². The topological polar surface area (TPSA) is 17.1 Å². The van der Waals surface area contributed by atoms with Crippen molar-refractivity contribution < 1.29 is 4.57 Å². The maximum absolute atomic E-state index is 11.7. The first kappa shape index (κ1) is 10.3. The lowest BCUT2D eigenvalue weighted by Crippen LogP contribution is -2.04. The van der Waals surface area contributed by atoms with Crippen molar-refractivity contribution in [3.8, 4) is 0 Å². The summed E-state index contributed by atoms with van der Waals surface area (Å²) < 4.78 is 12.5. The SMILES string of the molecule is CP(C)(=O)c1cccc(Br)c1Cl. The highest BCUT2D eigenvalue weighted by atomic mass is 79.9. The van der Waals surface area contributed by atoms with Crippen LogP contribution in [0.25, 0.3) is 0 Å². The van der Waals surface area contributed by atoms with Crippen LogP contribution < -0.4 is 5.30 Å². The average molecular weight is 267 g/mol. The van der Waals surface area contributed by atoms with Crippen LogP contribution in [0.3, 0.4) is 0 Å². The van der Waals surface area contributed by atoms with E-state index in [9.17, 15) is 4.57 Å². The van der Waals surface area contributed by atoms with Crippen LogP contribution in [0, 0.1) is 0 Å². The van der Waals surface area contributed by atoms with Crippen molar-refractivity contribution in [3.05, 3.63) is 27.7 Å². The van der Waals surface area contributed by atoms with E-state index in [0.717, 1.165) is 9.78 Å². The Labute approximate surface area is 85.6 Å². The molecule has 12 heavy (non-hydrogen) atoms. The second kappa shape index (κ2) is 3.53. The number of benzene rings is 1. The molecule has 0 aliphatic rings. The average Bonchev–Trinajstić information content (AvgIpc) is 1.92. The van der Waals surface area contributed by atoms with Gasteiger partial charge in [0, 0.05) is 9.78 Å². The Morgan fingerprint density at radius 2 is 2.00 bits per heavy atom. The molecule has 1 aromatic rings. The summed E-state index contributed by atoms with van der Waals surface area (Å²) in [7, 11) is -2.24. The lowest BCUT2D eigenvalue weighted by Gasteiger charge is -2.09. The first-order valence-corrected chi connectivity index (χ1v) is 7.19. The molecule has 0 spiro atoms. The maximum atomic E-state index is 11.7. The molecule has 4 heteroatoms. The predicted molar refractivity (Wildman–Crippen MR) is 58.2 cm³/mol. The fraction of sp³-hybridized carbons (Fsp3) is 0.250. The Kier molecular flexibility index (Phi) is 3.03. The molecule has 0 N–H and O–H groups in total. The largest absolute Gasteiger partial charge is 0.319 e. The summed E-state index contributed by atoms with van der Waals surface area (Å²) in [6.45, 7) is 3.42. The molecule has 1 aromatic carbocycles. The molecule has 0 aliphatic carbocycles. The van der Waals surface area contributed by atoms with Gasteiger partial charge < -0.3 is 4.57 Å². The fourth-order valence-corrected chi connectivity index (χ4v) is 3.20. The lowest BCUT2D eigenvalue weighted by atomic mass is 10.4. The molecule has 0 bridgehead atoms.